The smallest absolute Gasteiger partial charge is 0.229 e. The van der Waals surface area contributed by atoms with E-state index in [0.29, 0.717) is 10.8 Å². The average Bonchev–Trinajstić information content (AvgIpc) is 3.40. The molecule has 5 rings (SSSR count). The second-order valence-electron chi connectivity index (χ2n) is 10.4. The second kappa shape index (κ2) is 10.6. The molecule has 2 aromatic heterocycles. The summed E-state index contributed by atoms with van der Waals surface area (Å²) in [5.41, 5.74) is 8.71. The molecule has 208 valence electrons. The SMILES string of the molecule is Cc1cc(N2C(=S)N[C@H](c3ccccn3)[C@@H]2c2cc(C)n(-c3ccc(N(C)C)cc3)c2C)ccc1NS(C)(=O)=O. The Morgan fingerprint density at radius 1 is 0.975 bits per heavy atom. The van der Waals surface area contributed by atoms with E-state index < -0.39 is 10.0 Å². The highest BCUT2D eigenvalue weighted by atomic mass is 32.2. The lowest BCUT2D eigenvalue weighted by Gasteiger charge is -2.29. The number of benzene rings is 2. The monoisotopic (exact) mass is 574 g/mol. The summed E-state index contributed by atoms with van der Waals surface area (Å²) in [4.78, 5) is 8.88. The first-order valence-electron chi connectivity index (χ1n) is 13.0. The minimum absolute atomic E-state index is 0.184. The highest BCUT2D eigenvalue weighted by molar-refractivity contribution is 7.92. The molecule has 2 aromatic carbocycles. The summed E-state index contributed by atoms with van der Waals surface area (Å²) in [5, 5.41) is 4.11. The van der Waals surface area contributed by atoms with Crippen LogP contribution < -0.4 is 19.8 Å². The number of hydrogen-bond donors (Lipinski definition) is 2. The molecule has 0 bridgehead atoms. The van der Waals surface area contributed by atoms with Crippen LogP contribution in [0.4, 0.5) is 17.1 Å². The molecule has 0 radical (unpaired) electrons. The van der Waals surface area contributed by atoms with Crippen molar-refractivity contribution >= 4 is 44.4 Å². The van der Waals surface area contributed by atoms with Crippen molar-refractivity contribution in [3.05, 3.63) is 101 Å². The normalized spacial score (nSPS) is 17.1. The molecule has 40 heavy (non-hydrogen) atoms. The quantitative estimate of drug-likeness (QED) is 0.286. The fourth-order valence-corrected chi connectivity index (χ4v) is 6.42. The van der Waals surface area contributed by atoms with Crippen molar-refractivity contribution in [2.45, 2.75) is 32.9 Å². The zero-order valence-corrected chi connectivity index (χ0v) is 25.1. The third-order valence-electron chi connectivity index (χ3n) is 7.29. The number of rotatable bonds is 7. The van der Waals surface area contributed by atoms with E-state index in [1.807, 2.05) is 51.4 Å². The first-order chi connectivity index (χ1) is 18.9. The van der Waals surface area contributed by atoms with Crippen LogP contribution in [0.5, 0.6) is 0 Å². The zero-order chi connectivity index (χ0) is 28.8. The van der Waals surface area contributed by atoms with E-state index in [4.69, 9.17) is 12.2 Å². The lowest BCUT2D eigenvalue weighted by Crippen LogP contribution is -2.29. The standard InChI is InChI=1S/C30H34N6O2S2/c1-19-17-24(14-15-26(19)33-40(6,37)38)36-29(28(32-30(36)39)27-9-7-8-16-31-27)25-18-20(2)35(21(25)3)23-12-10-22(11-13-23)34(4)5/h7-18,28-29,33H,1-6H3,(H,32,39)/t28-,29+/m1/s1. The van der Waals surface area contributed by atoms with Crippen molar-refractivity contribution in [1.82, 2.24) is 14.9 Å². The van der Waals surface area contributed by atoms with Gasteiger partial charge in [0.2, 0.25) is 10.0 Å². The predicted molar refractivity (Wildman–Crippen MR) is 167 cm³/mol. The molecule has 0 unspecified atom stereocenters. The molecule has 2 N–H and O–H groups in total. The Hall–Kier alpha value is -3.89. The van der Waals surface area contributed by atoms with E-state index in [1.54, 1.807) is 12.3 Å². The molecular weight excluding hydrogens is 541 g/mol. The second-order valence-corrected chi connectivity index (χ2v) is 12.6. The summed E-state index contributed by atoms with van der Waals surface area (Å²) >= 11 is 5.92. The molecule has 0 aliphatic carbocycles. The summed E-state index contributed by atoms with van der Waals surface area (Å²) in [6, 6.07) is 21.9. The maximum Gasteiger partial charge on any atom is 0.229 e. The topological polar surface area (TPSA) is 82.5 Å². The minimum Gasteiger partial charge on any atom is -0.378 e. The maximum atomic E-state index is 11.9. The first kappa shape index (κ1) is 27.7. The molecular formula is C30H34N6O2S2. The van der Waals surface area contributed by atoms with Gasteiger partial charge in [0.05, 0.1) is 29.7 Å². The molecule has 4 aromatic rings. The zero-order valence-electron chi connectivity index (χ0n) is 23.5. The van der Waals surface area contributed by atoms with Gasteiger partial charge in [-0.2, -0.15) is 0 Å². The van der Waals surface area contributed by atoms with Crippen LogP contribution in [0.25, 0.3) is 5.69 Å². The van der Waals surface area contributed by atoms with Crippen LogP contribution >= 0.6 is 12.2 Å². The molecule has 1 aliphatic rings. The van der Waals surface area contributed by atoms with Gasteiger partial charge in [-0.25, -0.2) is 8.42 Å². The van der Waals surface area contributed by atoms with Gasteiger partial charge in [0.1, 0.15) is 0 Å². The van der Waals surface area contributed by atoms with Gasteiger partial charge in [-0.1, -0.05) is 6.07 Å². The summed E-state index contributed by atoms with van der Waals surface area (Å²) in [7, 11) is 0.672. The van der Waals surface area contributed by atoms with Gasteiger partial charge in [0.15, 0.2) is 5.11 Å². The van der Waals surface area contributed by atoms with Crippen LogP contribution in [0.3, 0.4) is 0 Å². The minimum atomic E-state index is -3.40. The molecule has 1 aliphatic heterocycles. The number of nitrogens with one attached hydrogen (secondary N) is 2. The number of nitrogens with zero attached hydrogens (tertiary/aromatic N) is 4. The Morgan fingerprint density at radius 2 is 1.68 bits per heavy atom. The third kappa shape index (κ3) is 5.29. The van der Waals surface area contributed by atoms with Gasteiger partial charge < -0.3 is 19.7 Å². The van der Waals surface area contributed by atoms with Crippen LogP contribution in [-0.4, -0.2) is 43.4 Å². The summed E-state index contributed by atoms with van der Waals surface area (Å²) < 4.78 is 28.6. The highest BCUT2D eigenvalue weighted by Crippen LogP contribution is 2.44. The van der Waals surface area contributed by atoms with Crippen LogP contribution in [-0.2, 0) is 10.0 Å². The van der Waals surface area contributed by atoms with Crippen LogP contribution in [0.1, 0.15) is 40.3 Å². The van der Waals surface area contributed by atoms with Gasteiger partial charge in [-0.3, -0.25) is 9.71 Å². The van der Waals surface area contributed by atoms with E-state index in [0.717, 1.165) is 51.5 Å². The Labute approximate surface area is 241 Å². The number of pyridine rings is 1. The van der Waals surface area contributed by atoms with Crippen LogP contribution in [0, 0.1) is 20.8 Å². The van der Waals surface area contributed by atoms with Crippen LogP contribution in [0.2, 0.25) is 0 Å². The largest absolute Gasteiger partial charge is 0.378 e. The highest BCUT2D eigenvalue weighted by Gasteiger charge is 2.42. The third-order valence-corrected chi connectivity index (χ3v) is 8.20. The van der Waals surface area contributed by atoms with Crippen molar-refractivity contribution in [2.24, 2.45) is 0 Å². The molecule has 2 atom stereocenters. The average molecular weight is 575 g/mol. The number of sulfonamides is 1. The molecule has 1 fully saturated rings. The molecule has 1 saturated heterocycles. The number of aromatic nitrogens is 2. The van der Waals surface area contributed by atoms with Crippen LogP contribution in [0.15, 0.2) is 72.9 Å². The van der Waals surface area contributed by atoms with Gasteiger partial charge in [-0.05, 0) is 105 Å². The Balaban J connectivity index is 1.63. The summed E-state index contributed by atoms with van der Waals surface area (Å²) in [6.45, 7) is 6.15. The molecule has 10 heteroatoms. The molecule has 3 heterocycles. The fourth-order valence-electron chi connectivity index (χ4n) is 5.45. The number of hydrogen-bond acceptors (Lipinski definition) is 5. The molecule has 8 nitrogen and oxygen atoms in total. The van der Waals surface area contributed by atoms with Gasteiger partial charge >= 0.3 is 0 Å². The lowest BCUT2D eigenvalue weighted by molar-refractivity contribution is 0.565. The molecule has 0 saturated carbocycles. The Morgan fingerprint density at radius 3 is 2.27 bits per heavy atom. The number of anilines is 3. The fraction of sp³-hybridized carbons (Fsp3) is 0.267. The summed E-state index contributed by atoms with van der Waals surface area (Å²) in [5.74, 6) is 0. The predicted octanol–water partition coefficient (Wildman–Crippen LogP) is 5.41. The van der Waals surface area contributed by atoms with E-state index in [1.165, 1.54) is 0 Å². The summed E-state index contributed by atoms with van der Waals surface area (Å²) in [6.07, 6.45) is 2.95. The van der Waals surface area contributed by atoms with E-state index >= 15 is 0 Å². The van der Waals surface area contributed by atoms with Crippen molar-refractivity contribution in [1.29, 1.82) is 0 Å². The molecule has 0 amide bonds. The van der Waals surface area contributed by atoms with Crippen molar-refractivity contribution in [3.63, 3.8) is 0 Å². The van der Waals surface area contributed by atoms with Crippen molar-refractivity contribution < 1.29 is 8.42 Å². The van der Waals surface area contributed by atoms with E-state index in [9.17, 15) is 8.42 Å². The van der Waals surface area contributed by atoms with Crippen molar-refractivity contribution in [2.75, 3.05) is 34.9 Å². The number of thiocarbonyl (C=S) groups is 1. The van der Waals surface area contributed by atoms with E-state index in [-0.39, 0.29) is 12.1 Å². The van der Waals surface area contributed by atoms with Gasteiger partial charge in [-0.15, -0.1) is 0 Å². The lowest BCUT2D eigenvalue weighted by atomic mass is 9.96. The van der Waals surface area contributed by atoms with Crippen molar-refractivity contribution in [3.8, 4) is 5.69 Å². The van der Waals surface area contributed by atoms with Gasteiger partial charge in [0.25, 0.3) is 0 Å². The molecule has 0 spiro atoms. The van der Waals surface area contributed by atoms with E-state index in [2.05, 4.69) is 73.6 Å². The first-order valence-corrected chi connectivity index (χ1v) is 15.3. The van der Waals surface area contributed by atoms with Gasteiger partial charge in [0, 0.05) is 48.7 Å². The Kier molecular flexibility index (Phi) is 7.32. The number of aryl methyl sites for hydroxylation is 2. The maximum absolute atomic E-state index is 11.9. The Bertz CT molecular complexity index is 1660.